The summed E-state index contributed by atoms with van der Waals surface area (Å²) in [6, 6.07) is 17.4. The average molecular weight is 291 g/mol. The van der Waals surface area contributed by atoms with E-state index < -0.39 is 0 Å². The highest BCUT2D eigenvalue weighted by atomic mass is 16.1. The molecule has 0 fully saturated rings. The van der Waals surface area contributed by atoms with E-state index in [9.17, 15) is 4.79 Å². The summed E-state index contributed by atoms with van der Waals surface area (Å²) in [6.45, 7) is 4.03. The molecule has 0 atom stereocenters. The minimum atomic E-state index is -0.165. The van der Waals surface area contributed by atoms with Crippen molar-refractivity contribution in [3.63, 3.8) is 0 Å². The fraction of sp³-hybridized carbons (Fsp3) is 0.111. The molecule has 1 amide bonds. The van der Waals surface area contributed by atoms with Gasteiger partial charge < -0.3 is 5.32 Å². The first-order valence-electron chi connectivity index (χ1n) is 7.12. The molecule has 0 unspecified atom stereocenters. The monoisotopic (exact) mass is 291 g/mol. The molecule has 1 aromatic heterocycles. The van der Waals surface area contributed by atoms with Crippen molar-refractivity contribution in [2.45, 2.75) is 13.8 Å². The fourth-order valence-electron chi connectivity index (χ4n) is 2.24. The number of amides is 1. The lowest BCUT2D eigenvalue weighted by atomic mass is 10.1. The standard InChI is InChI=1S/C18H17N3O/c1-12-6-8-14(9-7-12)18(22)19-17-11-16(20-21-17)15-5-3-4-13(2)10-15/h3-11H,1-2H3,(H2,19,20,21,22). The summed E-state index contributed by atoms with van der Waals surface area (Å²) in [7, 11) is 0. The van der Waals surface area contributed by atoms with Crippen LogP contribution in [0.1, 0.15) is 21.5 Å². The topological polar surface area (TPSA) is 57.8 Å². The second kappa shape index (κ2) is 5.85. The van der Waals surface area contributed by atoms with Gasteiger partial charge in [-0.3, -0.25) is 9.89 Å². The zero-order valence-corrected chi connectivity index (χ0v) is 12.6. The van der Waals surface area contributed by atoms with Crippen molar-refractivity contribution in [3.8, 4) is 11.3 Å². The molecule has 0 saturated heterocycles. The number of carbonyl (C=O) groups excluding carboxylic acids is 1. The van der Waals surface area contributed by atoms with Crippen molar-refractivity contribution >= 4 is 11.7 Å². The van der Waals surface area contributed by atoms with E-state index in [1.165, 1.54) is 5.56 Å². The highest BCUT2D eigenvalue weighted by molar-refractivity contribution is 6.03. The molecule has 22 heavy (non-hydrogen) atoms. The maximum absolute atomic E-state index is 12.2. The molecule has 110 valence electrons. The first-order valence-corrected chi connectivity index (χ1v) is 7.12. The SMILES string of the molecule is Cc1ccc(C(=O)Nc2cc(-c3cccc(C)c3)[nH]n2)cc1. The molecule has 3 rings (SSSR count). The number of nitrogens with zero attached hydrogens (tertiary/aromatic N) is 1. The van der Waals surface area contributed by atoms with Crippen LogP contribution in [0.2, 0.25) is 0 Å². The molecular weight excluding hydrogens is 274 g/mol. The third-order valence-electron chi connectivity index (χ3n) is 3.46. The smallest absolute Gasteiger partial charge is 0.256 e. The molecule has 1 heterocycles. The number of benzene rings is 2. The first-order chi connectivity index (χ1) is 10.6. The molecule has 0 aliphatic rings. The van der Waals surface area contributed by atoms with Gasteiger partial charge in [-0.15, -0.1) is 0 Å². The Hall–Kier alpha value is -2.88. The Morgan fingerprint density at radius 2 is 1.77 bits per heavy atom. The highest BCUT2D eigenvalue weighted by Gasteiger charge is 2.09. The van der Waals surface area contributed by atoms with Gasteiger partial charge in [0.2, 0.25) is 0 Å². The van der Waals surface area contributed by atoms with Gasteiger partial charge in [-0.2, -0.15) is 5.10 Å². The molecule has 3 aromatic rings. The molecule has 0 aliphatic carbocycles. The van der Waals surface area contributed by atoms with E-state index in [0.717, 1.165) is 16.8 Å². The number of aryl methyl sites for hydroxylation is 2. The van der Waals surface area contributed by atoms with Crippen LogP contribution in [-0.4, -0.2) is 16.1 Å². The number of rotatable bonds is 3. The number of H-pyrrole nitrogens is 1. The van der Waals surface area contributed by atoms with Crippen LogP contribution < -0.4 is 5.32 Å². The van der Waals surface area contributed by atoms with Crippen molar-refractivity contribution in [2.24, 2.45) is 0 Å². The number of nitrogens with one attached hydrogen (secondary N) is 2. The number of aromatic amines is 1. The normalized spacial score (nSPS) is 10.5. The van der Waals surface area contributed by atoms with Gasteiger partial charge in [-0.25, -0.2) is 0 Å². The Kier molecular flexibility index (Phi) is 3.74. The van der Waals surface area contributed by atoms with Gasteiger partial charge in [-0.05, 0) is 37.6 Å². The Bertz CT molecular complexity index is 803. The summed E-state index contributed by atoms with van der Waals surface area (Å²) < 4.78 is 0. The maximum atomic E-state index is 12.2. The molecule has 4 nitrogen and oxygen atoms in total. The summed E-state index contributed by atoms with van der Waals surface area (Å²) in [4.78, 5) is 12.2. The summed E-state index contributed by atoms with van der Waals surface area (Å²) in [5.74, 6) is 0.351. The van der Waals surface area contributed by atoms with E-state index in [-0.39, 0.29) is 5.91 Å². The molecule has 2 N–H and O–H groups in total. The fourth-order valence-corrected chi connectivity index (χ4v) is 2.24. The minimum Gasteiger partial charge on any atom is -0.305 e. The lowest BCUT2D eigenvalue weighted by Gasteiger charge is -2.02. The maximum Gasteiger partial charge on any atom is 0.256 e. The second-order valence-electron chi connectivity index (χ2n) is 5.36. The molecular formula is C18H17N3O. The van der Waals surface area contributed by atoms with Crippen molar-refractivity contribution in [1.82, 2.24) is 10.2 Å². The van der Waals surface area contributed by atoms with Crippen LogP contribution >= 0.6 is 0 Å². The van der Waals surface area contributed by atoms with Gasteiger partial charge >= 0.3 is 0 Å². The second-order valence-corrected chi connectivity index (χ2v) is 5.36. The van der Waals surface area contributed by atoms with Crippen LogP contribution in [0.5, 0.6) is 0 Å². The molecule has 0 radical (unpaired) electrons. The van der Waals surface area contributed by atoms with E-state index in [1.807, 2.05) is 50.2 Å². The third kappa shape index (κ3) is 3.06. The van der Waals surface area contributed by atoms with Gasteiger partial charge in [0, 0.05) is 11.6 Å². The van der Waals surface area contributed by atoms with E-state index in [1.54, 1.807) is 12.1 Å². The van der Waals surface area contributed by atoms with Gasteiger partial charge in [0.05, 0.1) is 5.69 Å². The molecule has 0 bridgehead atoms. The van der Waals surface area contributed by atoms with Gasteiger partial charge in [-0.1, -0.05) is 41.5 Å². The molecule has 0 saturated carbocycles. The number of anilines is 1. The van der Waals surface area contributed by atoms with E-state index in [2.05, 4.69) is 21.6 Å². The van der Waals surface area contributed by atoms with Crippen LogP contribution in [-0.2, 0) is 0 Å². The van der Waals surface area contributed by atoms with E-state index in [0.29, 0.717) is 11.4 Å². The Labute approximate surface area is 129 Å². The number of carbonyl (C=O) groups is 1. The van der Waals surface area contributed by atoms with Crippen LogP contribution in [0.25, 0.3) is 11.3 Å². The van der Waals surface area contributed by atoms with E-state index in [4.69, 9.17) is 0 Å². The quantitative estimate of drug-likeness (QED) is 0.767. The van der Waals surface area contributed by atoms with Crippen molar-refractivity contribution in [1.29, 1.82) is 0 Å². The van der Waals surface area contributed by atoms with Crippen LogP contribution in [0, 0.1) is 13.8 Å². The summed E-state index contributed by atoms with van der Waals surface area (Å²) in [5.41, 5.74) is 4.84. The Morgan fingerprint density at radius 3 is 2.50 bits per heavy atom. The van der Waals surface area contributed by atoms with Crippen molar-refractivity contribution < 1.29 is 4.79 Å². The Balaban J connectivity index is 1.77. The minimum absolute atomic E-state index is 0.165. The van der Waals surface area contributed by atoms with Crippen LogP contribution in [0.3, 0.4) is 0 Å². The average Bonchev–Trinajstić information content (AvgIpc) is 2.96. The molecule has 4 heteroatoms. The van der Waals surface area contributed by atoms with Gasteiger partial charge in [0.1, 0.15) is 0 Å². The molecule has 0 aliphatic heterocycles. The zero-order chi connectivity index (χ0) is 15.5. The summed E-state index contributed by atoms with van der Waals surface area (Å²) >= 11 is 0. The predicted molar refractivity (Wildman–Crippen MR) is 87.9 cm³/mol. The molecule has 0 spiro atoms. The van der Waals surface area contributed by atoms with E-state index >= 15 is 0 Å². The number of hydrogen-bond donors (Lipinski definition) is 2. The Morgan fingerprint density at radius 1 is 1.00 bits per heavy atom. The first kappa shape index (κ1) is 14.1. The van der Waals surface area contributed by atoms with Crippen LogP contribution in [0.4, 0.5) is 5.82 Å². The molecule has 2 aromatic carbocycles. The lowest BCUT2D eigenvalue weighted by molar-refractivity contribution is 0.102. The van der Waals surface area contributed by atoms with Gasteiger partial charge in [0.25, 0.3) is 5.91 Å². The predicted octanol–water partition coefficient (Wildman–Crippen LogP) is 3.95. The number of hydrogen-bond acceptors (Lipinski definition) is 2. The summed E-state index contributed by atoms with van der Waals surface area (Å²) in [6.07, 6.45) is 0. The van der Waals surface area contributed by atoms with Crippen molar-refractivity contribution in [3.05, 3.63) is 71.3 Å². The third-order valence-corrected chi connectivity index (χ3v) is 3.46. The largest absolute Gasteiger partial charge is 0.305 e. The lowest BCUT2D eigenvalue weighted by Crippen LogP contribution is -2.11. The van der Waals surface area contributed by atoms with Crippen LogP contribution in [0.15, 0.2) is 54.6 Å². The zero-order valence-electron chi connectivity index (χ0n) is 12.6. The van der Waals surface area contributed by atoms with Gasteiger partial charge in [0.15, 0.2) is 5.82 Å². The summed E-state index contributed by atoms with van der Waals surface area (Å²) in [5, 5.41) is 9.90. The number of aromatic nitrogens is 2. The highest BCUT2D eigenvalue weighted by Crippen LogP contribution is 2.21. The van der Waals surface area contributed by atoms with Crippen molar-refractivity contribution in [2.75, 3.05) is 5.32 Å².